The highest BCUT2D eigenvalue weighted by Crippen LogP contribution is 2.36. The fourth-order valence-electron chi connectivity index (χ4n) is 2.47. The average molecular weight is 279 g/mol. The first kappa shape index (κ1) is 14.7. The molecule has 1 aromatic rings. The highest BCUT2D eigenvalue weighted by Gasteiger charge is 2.30. The molecule has 5 heteroatoms. The van der Waals surface area contributed by atoms with Gasteiger partial charge in [-0.1, -0.05) is 19.9 Å². The average Bonchev–Trinajstić information content (AvgIpc) is 2.46. The second-order valence-electron chi connectivity index (χ2n) is 5.16. The lowest BCUT2D eigenvalue weighted by Crippen LogP contribution is -2.45. The van der Waals surface area contributed by atoms with E-state index < -0.39 is 11.6 Å². The number of nitrogens with zero attached hydrogens (tertiary/aromatic N) is 1. The lowest BCUT2D eigenvalue weighted by atomic mass is 9.96. The molecule has 0 radical (unpaired) electrons. The van der Waals surface area contributed by atoms with Gasteiger partial charge < -0.3 is 19.8 Å². The van der Waals surface area contributed by atoms with E-state index in [-0.39, 0.29) is 5.56 Å². The Hall–Kier alpha value is -1.75. The van der Waals surface area contributed by atoms with Crippen LogP contribution in [0.4, 0.5) is 5.69 Å². The second kappa shape index (κ2) is 5.71. The molecule has 1 aromatic carbocycles. The number of fused-ring (bicyclic) bond motifs is 1. The summed E-state index contributed by atoms with van der Waals surface area (Å²) in [6, 6.07) is 5.09. The van der Waals surface area contributed by atoms with E-state index in [9.17, 15) is 15.0 Å². The maximum Gasteiger partial charge on any atom is 0.339 e. The number of carboxylic acids is 1. The van der Waals surface area contributed by atoms with Gasteiger partial charge in [0.1, 0.15) is 12.2 Å². The number of hydrogen-bond acceptors (Lipinski definition) is 4. The first-order valence-corrected chi connectivity index (χ1v) is 6.97. The zero-order chi connectivity index (χ0) is 14.8. The Labute approximate surface area is 118 Å². The van der Waals surface area contributed by atoms with E-state index in [1.165, 1.54) is 6.07 Å². The van der Waals surface area contributed by atoms with E-state index in [1.54, 1.807) is 6.07 Å². The van der Waals surface area contributed by atoms with Gasteiger partial charge in [0.25, 0.3) is 0 Å². The summed E-state index contributed by atoms with van der Waals surface area (Å²) < 4.78 is 5.52. The van der Waals surface area contributed by atoms with Crippen LogP contribution in [0.3, 0.4) is 0 Å². The number of aliphatic hydroxyl groups is 1. The van der Waals surface area contributed by atoms with Crippen LogP contribution in [0, 0.1) is 0 Å². The zero-order valence-corrected chi connectivity index (χ0v) is 11.9. The van der Waals surface area contributed by atoms with E-state index >= 15 is 0 Å². The predicted molar refractivity (Wildman–Crippen MR) is 76.6 cm³/mol. The number of rotatable bonds is 5. The molecule has 0 atom stereocenters. The van der Waals surface area contributed by atoms with Crippen LogP contribution in [-0.2, 0) is 0 Å². The second-order valence-corrected chi connectivity index (χ2v) is 5.16. The lowest BCUT2D eigenvalue weighted by molar-refractivity contribution is 0.0380. The normalized spacial score (nSPS) is 14.7. The molecule has 1 heterocycles. The van der Waals surface area contributed by atoms with Gasteiger partial charge in [-0.3, -0.25) is 0 Å². The van der Waals surface area contributed by atoms with E-state index in [0.29, 0.717) is 38.3 Å². The number of aromatic carboxylic acids is 1. The standard InChI is InChI=1S/C15H21NO4/c1-3-15(19,4-2)10-16-8-9-20-13-11(14(17)18)6-5-7-12(13)16/h5-7,19H,3-4,8-10H2,1-2H3,(H,17,18). The van der Waals surface area contributed by atoms with Crippen molar-refractivity contribution in [1.29, 1.82) is 0 Å². The van der Waals surface area contributed by atoms with Crippen LogP contribution >= 0.6 is 0 Å². The van der Waals surface area contributed by atoms with Gasteiger partial charge in [0.05, 0.1) is 17.8 Å². The van der Waals surface area contributed by atoms with E-state index in [1.807, 2.05) is 24.8 Å². The molecule has 110 valence electrons. The van der Waals surface area contributed by atoms with Crippen LogP contribution in [0.1, 0.15) is 37.0 Å². The Morgan fingerprint density at radius 2 is 2.10 bits per heavy atom. The molecule has 20 heavy (non-hydrogen) atoms. The lowest BCUT2D eigenvalue weighted by Gasteiger charge is -2.37. The van der Waals surface area contributed by atoms with Crippen molar-refractivity contribution in [2.24, 2.45) is 0 Å². The van der Waals surface area contributed by atoms with Crippen LogP contribution in [0.15, 0.2) is 18.2 Å². The summed E-state index contributed by atoms with van der Waals surface area (Å²) in [4.78, 5) is 13.2. The summed E-state index contributed by atoms with van der Waals surface area (Å²) in [5, 5.41) is 19.7. The predicted octanol–water partition coefficient (Wildman–Crippen LogP) is 2.13. The number of anilines is 1. The summed E-state index contributed by atoms with van der Waals surface area (Å²) in [6.45, 7) is 5.48. The molecule has 0 amide bonds. The number of carboxylic acid groups (broad SMARTS) is 1. The van der Waals surface area contributed by atoms with Crippen molar-refractivity contribution >= 4 is 11.7 Å². The maximum absolute atomic E-state index is 11.2. The number of para-hydroxylation sites is 1. The molecule has 0 saturated carbocycles. The number of β-amino-alcohol motifs (C(OH)–C–C–N with tert-alkyl or cyclic N) is 1. The Morgan fingerprint density at radius 3 is 2.70 bits per heavy atom. The first-order valence-electron chi connectivity index (χ1n) is 6.97. The van der Waals surface area contributed by atoms with Crippen molar-refractivity contribution in [3.05, 3.63) is 23.8 Å². The van der Waals surface area contributed by atoms with Crippen LogP contribution in [0.2, 0.25) is 0 Å². The fraction of sp³-hybridized carbons (Fsp3) is 0.533. The van der Waals surface area contributed by atoms with Gasteiger partial charge in [0.2, 0.25) is 0 Å². The molecule has 0 saturated heterocycles. The van der Waals surface area contributed by atoms with Gasteiger partial charge in [-0.2, -0.15) is 0 Å². The fourth-order valence-corrected chi connectivity index (χ4v) is 2.47. The van der Waals surface area contributed by atoms with Crippen molar-refractivity contribution < 1.29 is 19.7 Å². The molecule has 0 bridgehead atoms. The van der Waals surface area contributed by atoms with Crippen molar-refractivity contribution in [2.45, 2.75) is 32.3 Å². The van der Waals surface area contributed by atoms with Crippen molar-refractivity contribution in [3.8, 4) is 5.75 Å². The molecule has 1 aliphatic rings. The Kier molecular flexibility index (Phi) is 4.18. The third-order valence-electron chi connectivity index (χ3n) is 3.97. The van der Waals surface area contributed by atoms with Gasteiger partial charge in [0, 0.05) is 6.54 Å². The summed E-state index contributed by atoms with van der Waals surface area (Å²) >= 11 is 0. The molecule has 0 aliphatic carbocycles. The zero-order valence-electron chi connectivity index (χ0n) is 11.9. The highest BCUT2D eigenvalue weighted by molar-refractivity contribution is 5.93. The van der Waals surface area contributed by atoms with E-state index in [2.05, 4.69) is 0 Å². The highest BCUT2D eigenvalue weighted by atomic mass is 16.5. The summed E-state index contributed by atoms with van der Waals surface area (Å²) in [5.41, 5.74) is 0.161. The van der Waals surface area contributed by atoms with Gasteiger partial charge in [-0.05, 0) is 25.0 Å². The summed E-state index contributed by atoms with van der Waals surface area (Å²) in [7, 11) is 0. The molecule has 5 nitrogen and oxygen atoms in total. The van der Waals surface area contributed by atoms with Crippen LogP contribution in [0.25, 0.3) is 0 Å². The van der Waals surface area contributed by atoms with Gasteiger partial charge in [0.15, 0.2) is 5.75 Å². The number of carbonyl (C=O) groups is 1. The van der Waals surface area contributed by atoms with Crippen LogP contribution in [0.5, 0.6) is 5.75 Å². The van der Waals surface area contributed by atoms with Gasteiger partial charge >= 0.3 is 5.97 Å². The summed E-state index contributed by atoms with van der Waals surface area (Å²) in [6.07, 6.45) is 1.32. The number of benzene rings is 1. The Balaban J connectivity index is 2.34. The minimum Gasteiger partial charge on any atom is -0.489 e. The topological polar surface area (TPSA) is 70.0 Å². The quantitative estimate of drug-likeness (QED) is 0.864. The smallest absolute Gasteiger partial charge is 0.339 e. The van der Waals surface area contributed by atoms with Gasteiger partial charge in [-0.25, -0.2) is 4.79 Å². The molecular formula is C15H21NO4. The Morgan fingerprint density at radius 1 is 1.40 bits per heavy atom. The van der Waals surface area contributed by atoms with Crippen LogP contribution < -0.4 is 9.64 Å². The first-order chi connectivity index (χ1) is 9.50. The largest absolute Gasteiger partial charge is 0.489 e. The third kappa shape index (κ3) is 2.72. The SMILES string of the molecule is CCC(O)(CC)CN1CCOc2c(C(=O)O)cccc21. The molecule has 0 spiro atoms. The van der Waals surface area contributed by atoms with E-state index in [4.69, 9.17) is 4.74 Å². The molecular weight excluding hydrogens is 258 g/mol. The van der Waals surface area contributed by atoms with Crippen molar-refractivity contribution in [3.63, 3.8) is 0 Å². The number of ether oxygens (including phenoxy) is 1. The van der Waals surface area contributed by atoms with Crippen LogP contribution in [-0.4, -0.2) is 41.5 Å². The van der Waals surface area contributed by atoms with Gasteiger partial charge in [-0.15, -0.1) is 0 Å². The minimum absolute atomic E-state index is 0.170. The van der Waals surface area contributed by atoms with E-state index in [0.717, 1.165) is 5.69 Å². The molecule has 2 N–H and O–H groups in total. The maximum atomic E-state index is 11.2. The molecule has 0 unspecified atom stereocenters. The summed E-state index contributed by atoms with van der Waals surface area (Å²) in [5.74, 6) is -0.592. The monoisotopic (exact) mass is 279 g/mol. The Bertz CT molecular complexity index is 497. The minimum atomic E-state index is -0.995. The third-order valence-corrected chi connectivity index (χ3v) is 3.97. The molecule has 0 aromatic heterocycles. The van der Waals surface area contributed by atoms with Crippen molar-refractivity contribution in [1.82, 2.24) is 0 Å². The molecule has 0 fully saturated rings. The van der Waals surface area contributed by atoms with Crippen molar-refractivity contribution in [2.75, 3.05) is 24.6 Å². The molecule has 1 aliphatic heterocycles. The molecule has 2 rings (SSSR count). The number of hydrogen-bond donors (Lipinski definition) is 2.